The van der Waals surface area contributed by atoms with Gasteiger partial charge in [-0.05, 0) is 12.8 Å². The van der Waals surface area contributed by atoms with Gasteiger partial charge in [0.05, 0.1) is 0 Å². The lowest BCUT2D eigenvalue weighted by Crippen LogP contribution is -2.33. The number of nitrogens with zero attached hydrogens (tertiary/aromatic N) is 1. The van der Waals surface area contributed by atoms with Crippen molar-refractivity contribution in [3.63, 3.8) is 0 Å². The molecule has 0 bridgehead atoms. The Morgan fingerprint density at radius 3 is 2.75 bits per heavy atom. The van der Waals surface area contributed by atoms with Gasteiger partial charge in [-0.2, -0.15) is 0 Å². The van der Waals surface area contributed by atoms with E-state index in [9.17, 15) is 0 Å². The Kier molecular flexibility index (Phi) is 0.866. The van der Waals surface area contributed by atoms with E-state index in [1.54, 1.807) is 0 Å². The summed E-state index contributed by atoms with van der Waals surface area (Å²) in [5.74, 6) is 0. The molecule has 2 aliphatic heterocycles. The second-order valence-corrected chi connectivity index (χ2v) is 2.84. The molecule has 1 N–H and O–H groups in total. The molecule has 0 saturated carbocycles. The smallest absolute Gasteiger partial charge is 0.0450 e. The standard InChI is InChI=1S/C6H11N2/c1-2-6(5-8-6)4-7-3-1/h8H,1-5H2. The van der Waals surface area contributed by atoms with Crippen LogP contribution in [0.15, 0.2) is 0 Å². The summed E-state index contributed by atoms with van der Waals surface area (Å²) < 4.78 is 0. The predicted molar refractivity (Wildman–Crippen MR) is 31.8 cm³/mol. The highest BCUT2D eigenvalue weighted by atomic mass is 15.2. The van der Waals surface area contributed by atoms with Crippen LogP contribution in [0.4, 0.5) is 0 Å². The largest absolute Gasteiger partial charge is 0.307 e. The molecule has 2 saturated heterocycles. The summed E-state index contributed by atoms with van der Waals surface area (Å²) in [7, 11) is 0. The molecule has 0 amide bonds. The first-order valence-electron chi connectivity index (χ1n) is 3.30. The lowest BCUT2D eigenvalue weighted by Gasteiger charge is -2.18. The first kappa shape index (κ1) is 4.77. The zero-order valence-electron chi connectivity index (χ0n) is 4.98. The van der Waals surface area contributed by atoms with Gasteiger partial charge in [-0.1, -0.05) is 0 Å². The molecule has 45 valence electrons. The Labute approximate surface area is 49.7 Å². The molecule has 1 atom stereocenters. The first-order chi connectivity index (χ1) is 3.91. The second kappa shape index (κ2) is 1.45. The third-order valence-electron chi connectivity index (χ3n) is 2.06. The van der Waals surface area contributed by atoms with Crippen LogP contribution in [-0.2, 0) is 0 Å². The van der Waals surface area contributed by atoms with E-state index in [0.29, 0.717) is 5.54 Å². The molecule has 2 heterocycles. The van der Waals surface area contributed by atoms with Crippen LogP contribution < -0.4 is 10.6 Å². The highest BCUT2D eigenvalue weighted by Gasteiger charge is 2.42. The molecule has 2 heteroatoms. The van der Waals surface area contributed by atoms with Crippen molar-refractivity contribution in [2.45, 2.75) is 18.4 Å². The Bertz CT molecular complexity index is 88.7. The molecule has 0 aliphatic carbocycles. The molecule has 0 aromatic heterocycles. The van der Waals surface area contributed by atoms with Gasteiger partial charge in [-0.15, -0.1) is 0 Å². The predicted octanol–water partition coefficient (Wildman–Crippen LogP) is -0.273. The Morgan fingerprint density at radius 1 is 1.50 bits per heavy atom. The van der Waals surface area contributed by atoms with Gasteiger partial charge in [0, 0.05) is 25.2 Å². The summed E-state index contributed by atoms with van der Waals surface area (Å²) in [4.78, 5) is 0. The Morgan fingerprint density at radius 2 is 2.38 bits per heavy atom. The number of rotatable bonds is 0. The zero-order chi connectivity index (χ0) is 5.45. The molecule has 2 fully saturated rings. The summed E-state index contributed by atoms with van der Waals surface area (Å²) in [6.07, 6.45) is 2.66. The Balaban J connectivity index is 1.95. The molecular weight excluding hydrogens is 100 g/mol. The quantitative estimate of drug-likeness (QED) is 0.429. The molecule has 2 rings (SSSR count). The van der Waals surface area contributed by atoms with Gasteiger partial charge in [0.2, 0.25) is 0 Å². The first-order valence-corrected chi connectivity index (χ1v) is 3.30. The van der Waals surface area contributed by atoms with E-state index in [4.69, 9.17) is 0 Å². The highest BCUT2D eigenvalue weighted by Crippen LogP contribution is 2.25. The summed E-state index contributed by atoms with van der Waals surface area (Å²) in [5.41, 5.74) is 0.512. The van der Waals surface area contributed by atoms with Gasteiger partial charge in [0.15, 0.2) is 0 Å². The zero-order valence-corrected chi connectivity index (χ0v) is 4.98. The average molecular weight is 111 g/mol. The monoisotopic (exact) mass is 111 g/mol. The summed E-state index contributed by atoms with van der Waals surface area (Å²) >= 11 is 0. The number of hydrogen-bond acceptors (Lipinski definition) is 1. The van der Waals surface area contributed by atoms with Gasteiger partial charge in [-0.3, -0.25) is 0 Å². The van der Waals surface area contributed by atoms with E-state index >= 15 is 0 Å². The molecule has 8 heavy (non-hydrogen) atoms. The van der Waals surface area contributed by atoms with E-state index in [-0.39, 0.29) is 0 Å². The third-order valence-corrected chi connectivity index (χ3v) is 2.06. The maximum absolute atomic E-state index is 4.33. The third kappa shape index (κ3) is 0.644. The molecule has 2 aliphatic rings. The van der Waals surface area contributed by atoms with Gasteiger partial charge < -0.3 is 5.32 Å². The van der Waals surface area contributed by atoms with E-state index in [1.165, 1.54) is 19.4 Å². The van der Waals surface area contributed by atoms with Crippen LogP contribution in [0.5, 0.6) is 0 Å². The van der Waals surface area contributed by atoms with Crippen LogP contribution in [0.25, 0.3) is 0 Å². The van der Waals surface area contributed by atoms with Crippen molar-refractivity contribution < 1.29 is 0 Å². The van der Waals surface area contributed by atoms with Crippen LogP contribution in [0.3, 0.4) is 0 Å². The molecule has 1 spiro atoms. The maximum Gasteiger partial charge on any atom is 0.0450 e. The normalized spacial score (nSPS) is 45.0. The average Bonchev–Trinajstić information content (AvgIpc) is 2.52. The molecule has 2 nitrogen and oxygen atoms in total. The van der Waals surface area contributed by atoms with Crippen molar-refractivity contribution in [3.05, 3.63) is 0 Å². The summed E-state index contributed by atoms with van der Waals surface area (Å²) in [5, 5.41) is 7.69. The van der Waals surface area contributed by atoms with Crippen molar-refractivity contribution in [1.29, 1.82) is 0 Å². The van der Waals surface area contributed by atoms with Crippen molar-refractivity contribution in [1.82, 2.24) is 10.6 Å². The number of hydrogen-bond donors (Lipinski definition) is 1. The maximum atomic E-state index is 4.33. The van der Waals surface area contributed by atoms with Crippen molar-refractivity contribution in [3.8, 4) is 0 Å². The van der Waals surface area contributed by atoms with E-state index in [1.807, 2.05) is 0 Å². The summed E-state index contributed by atoms with van der Waals surface area (Å²) in [6, 6.07) is 0. The second-order valence-electron chi connectivity index (χ2n) is 2.84. The molecule has 1 unspecified atom stereocenters. The van der Waals surface area contributed by atoms with Gasteiger partial charge >= 0.3 is 0 Å². The van der Waals surface area contributed by atoms with Gasteiger partial charge in [-0.25, -0.2) is 5.32 Å². The minimum absolute atomic E-state index is 0.512. The molecular formula is C6H11N2. The molecule has 0 aromatic carbocycles. The van der Waals surface area contributed by atoms with Crippen LogP contribution >= 0.6 is 0 Å². The van der Waals surface area contributed by atoms with Crippen molar-refractivity contribution in [2.24, 2.45) is 0 Å². The minimum Gasteiger partial charge on any atom is -0.307 e. The van der Waals surface area contributed by atoms with Crippen LogP contribution in [0.2, 0.25) is 0 Å². The fourth-order valence-corrected chi connectivity index (χ4v) is 1.31. The highest BCUT2D eigenvalue weighted by molar-refractivity contribution is 5.06. The van der Waals surface area contributed by atoms with Crippen molar-refractivity contribution >= 4 is 0 Å². The number of piperidine rings is 1. The Hall–Kier alpha value is -0.0800. The van der Waals surface area contributed by atoms with Gasteiger partial charge in [0.25, 0.3) is 0 Å². The lowest BCUT2D eigenvalue weighted by atomic mass is 10.0. The molecule has 1 radical (unpaired) electrons. The minimum atomic E-state index is 0.512. The fraction of sp³-hybridized carbons (Fsp3) is 1.00. The topological polar surface area (TPSA) is 36.0 Å². The van der Waals surface area contributed by atoms with E-state index in [0.717, 1.165) is 13.1 Å². The van der Waals surface area contributed by atoms with E-state index < -0.39 is 0 Å². The van der Waals surface area contributed by atoms with Crippen LogP contribution in [0.1, 0.15) is 12.8 Å². The summed E-state index contributed by atoms with van der Waals surface area (Å²) in [6.45, 7) is 3.40. The van der Waals surface area contributed by atoms with E-state index in [2.05, 4.69) is 10.6 Å². The fourth-order valence-electron chi connectivity index (χ4n) is 1.31. The van der Waals surface area contributed by atoms with Crippen LogP contribution in [-0.4, -0.2) is 25.2 Å². The number of nitrogens with one attached hydrogen (secondary N) is 1. The SMILES string of the molecule is C1C[N]CC2(C1)CN2. The van der Waals surface area contributed by atoms with Crippen molar-refractivity contribution in [2.75, 3.05) is 19.6 Å². The molecule has 0 aromatic rings. The van der Waals surface area contributed by atoms with Gasteiger partial charge in [0.1, 0.15) is 0 Å². The van der Waals surface area contributed by atoms with Crippen LogP contribution in [0, 0.1) is 0 Å². The lowest BCUT2D eigenvalue weighted by molar-refractivity contribution is 0.424.